The number of aryl methyl sites for hydroxylation is 2. The zero-order valence-electron chi connectivity index (χ0n) is 16.2. The number of hydrogen-bond acceptors (Lipinski definition) is 4. The van der Waals surface area contributed by atoms with Crippen LogP contribution in [0.5, 0.6) is 0 Å². The summed E-state index contributed by atoms with van der Waals surface area (Å²) in [5.41, 5.74) is 1.09. The molecule has 2 aliphatic rings. The van der Waals surface area contributed by atoms with Gasteiger partial charge in [-0.3, -0.25) is 4.79 Å². The first-order valence-corrected chi connectivity index (χ1v) is 10.6. The maximum absolute atomic E-state index is 12.6. The summed E-state index contributed by atoms with van der Waals surface area (Å²) in [6.45, 7) is 9.26. The normalized spacial score (nSPS) is 21.4. The number of thiazole rings is 1. The Kier molecular flexibility index (Phi) is 6.51. The fourth-order valence-electron chi connectivity index (χ4n) is 3.78. The van der Waals surface area contributed by atoms with Gasteiger partial charge in [-0.15, -0.1) is 11.3 Å². The highest BCUT2D eigenvalue weighted by molar-refractivity contribution is 7.11. The van der Waals surface area contributed by atoms with Gasteiger partial charge in [0.05, 0.1) is 12.2 Å². The predicted octanol–water partition coefficient (Wildman–Crippen LogP) is 2.61. The number of aliphatic imine (C=N–C) groups is 1. The highest BCUT2D eigenvalue weighted by atomic mass is 32.1. The Morgan fingerprint density at radius 1 is 1.31 bits per heavy atom. The van der Waals surface area contributed by atoms with Crippen LogP contribution in [0.3, 0.4) is 0 Å². The van der Waals surface area contributed by atoms with E-state index >= 15 is 0 Å². The Morgan fingerprint density at radius 3 is 2.73 bits per heavy atom. The van der Waals surface area contributed by atoms with Crippen molar-refractivity contribution in [2.24, 2.45) is 10.9 Å². The number of hydrogen-bond donors (Lipinski definition) is 2. The molecule has 2 heterocycles. The van der Waals surface area contributed by atoms with E-state index in [0.717, 1.165) is 55.6 Å². The summed E-state index contributed by atoms with van der Waals surface area (Å²) in [4.78, 5) is 25.1. The third-order valence-corrected chi connectivity index (χ3v) is 6.39. The number of rotatable bonds is 5. The van der Waals surface area contributed by atoms with Crippen LogP contribution in [0.1, 0.15) is 54.6 Å². The van der Waals surface area contributed by atoms with E-state index < -0.39 is 0 Å². The van der Waals surface area contributed by atoms with Crippen LogP contribution in [0.2, 0.25) is 0 Å². The van der Waals surface area contributed by atoms with Gasteiger partial charge in [-0.25, -0.2) is 9.98 Å². The van der Waals surface area contributed by atoms with E-state index in [9.17, 15) is 4.79 Å². The van der Waals surface area contributed by atoms with Gasteiger partial charge in [0.2, 0.25) is 5.91 Å². The van der Waals surface area contributed by atoms with E-state index in [0.29, 0.717) is 12.5 Å². The van der Waals surface area contributed by atoms with Crippen LogP contribution < -0.4 is 10.6 Å². The second-order valence-corrected chi connectivity index (χ2v) is 8.63. The molecule has 26 heavy (non-hydrogen) atoms. The minimum absolute atomic E-state index is 0.270. The highest BCUT2D eigenvalue weighted by Crippen LogP contribution is 2.27. The van der Waals surface area contributed by atoms with Gasteiger partial charge in [-0.05, 0) is 40.0 Å². The first kappa shape index (κ1) is 19.1. The Labute approximate surface area is 160 Å². The lowest BCUT2D eigenvalue weighted by Crippen LogP contribution is -2.45. The van der Waals surface area contributed by atoms with Gasteiger partial charge in [0.25, 0.3) is 0 Å². The molecule has 7 heteroatoms. The largest absolute Gasteiger partial charge is 0.357 e. The lowest BCUT2D eigenvalue weighted by atomic mass is 10.1. The SMILES string of the molecule is CCNC(=NCc1nc(C)c(C)s1)NC1CCN(C(=O)C2CCCC2)C1. The van der Waals surface area contributed by atoms with E-state index in [2.05, 4.69) is 34.5 Å². The molecule has 0 radical (unpaired) electrons. The lowest BCUT2D eigenvalue weighted by Gasteiger charge is -2.21. The van der Waals surface area contributed by atoms with Crippen LogP contribution in [-0.2, 0) is 11.3 Å². The summed E-state index contributed by atoms with van der Waals surface area (Å²) in [6.07, 6.45) is 5.55. The molecule has 1 aromatic rings. The molecule has 2 N–H and O–H groups in total. The number of aromatic nitrogens is 1. The number of carbonyl (C=O) groups is 1. The molecule has 1 atom stereocenters. The molecular formula is C19H31N5OS. The average Bonchev–Trinajstić information content (AvgIpc) is 3.35. The monoisotopic (exact) mass is 377 g/mol. The molecular weight excluding hydrogens is 346 g/mol. The molecule has 3 rings (SSSR count). The molecule has 2 fully saturated rings. The Hall–Kier alpha value is -1.63. The number of carbonyl (C=O) groups excluding carboxylic acids is 1. The Balaban J connectivity index is 1.54. The molecule has 1 aliphatic heterocycles. The van der Waals surface area contributed by atoms with Crippen molar-refractivity contribution in [3.05, 3.63) is 15.6 Å². The molecule has 1 saturated carbocycles. The second-order valence-electron chi connectivity index (χ2n) is 7.34. The van der Waals surface area contributed by atoms with Crippen molar-refractivity contribution in [3.8, 4) is 0 Å². The smallest absolute Gasteiger partial charge is 0.225 e. The number of nitrogens with zero attached hydrogens (tertiary/aromatic N) is 3. The molecule has 0 spiro atoms. The fraction of sp³-hybridized carbons (Fsp3) is 0.737. The van der Waals surface area contributed by atoms with Crippen LogP contribution in [0, 0.1) is 19.8 Å². The molecule has 144 valence electrons. The molecule has 0 aromatic carbocycles. The van der Waals surface area contributed by atoms with Crippen LogP contribution in [0.4, 0.5) is 0 Å². The van der Waals surface area contributed by atoms with Crippen molar-refractivity contribution in [2.45, 2.75) is 65.5 Å². The van der Waals surface area contributed by atoms with E-state index in [1.54, 1.807) is 11.3 Å². The number of guanidine groups is 1. The second kappa shape index (κ2) is 8.84. The van der Waals surface area contributed by atoms with Gasteiger partial charge in [0, 0.05) is 36.5 Å². The quantitative estimate of drug-likeness (QED) is 0.611. The third kappa shape index (κ3) is 4.75. The highest BCUT2D eigenvalue weighted by Gasteiger charge is 2.32. The summed E-state index contributed by atoms with van der Waals surface area (Å²) in [6, 6.07) is 0.276. The van der Waals surface area contributed by atoms with E-state index in [4.69, 9.17) is 0 Å². The first-order chi connectivity index (χ1) is 12.6. The number of amides is 1. The summed E-state index contributed by atoms with van der Waals surface area (Å²) in [7, 11) is 0. The molecule has 6 nitrogen and oxygen atoms in total. The van der Waals surface area contributed by atoms with Crippen molar-refractivity contribution in [1.82, 2.24) is 20.5 Å². The summed E-state index contributed by atoms with van der Waals surface area (Å²) in [5, 5.41) is 7.86. The number of likely N-dealkylation sites (tertiary alicyclic amines) is 1. The average molecular weight is 378 g/mol. The van der Waals surface area contributed by atoms with E-state index in [-0.39, 0.29) is 12.0 Å². The fourth-order valence-corrected chi connectivity index (χ4v) is 4.63. The molecule has 1 saturated heterocycles. The van der Waals surface area contributed by atoms with Crippen molar-refractivity contribution in [2.75, 3.05) is 19.6 Å². The standard InChI is InChI=1S/C19H31N5OS/c1-4-20-19(21-11-17-22-13(2)14(3)26-17)23-16-9-10-24(12-16)18(25)15-7-5-6-8-15/h15-16H,4-12H2,1-3H3,(H2,20,21,23). The van der Waals surface area contributed by atoms with Crippen LogP contribution in [-0.4, -0.2) is 47.4 Å². The Bertz CT molecular complexity index is 631. The summed E-state index contributed by atoms with van der Waals surface area (Å²) < 4.78 is 0. The van der Waals surface area contributed by atoms with Crippen LogP contribution >= 0.6 is 11.3 Å². The molecule has 0 bridgehead atoms. The van der Waals surface area contributed by atoms with Gasteiger partial charge >= 0.3 is 0 Å². The van der Waals surface area contributed by atoms with Crippen molar-refractivity contribution >= 4 is 23.2 Å². The van der Waals surface area contributed by atoms with Gasteiger partial charge < -0.3 is 15.5 Å². The van der Waals surface area contributed by atoms with Crippen molar-refractivity contribution in [1.29, 1.82) is 0 Å². The van der Waals surface area contributed by atoms with Gasteiger partial charge in [-0.1, -0.05) is 12.8 Å². The predicted molar refractivity (Wildman–Crippen MR) is 106 cm³/mol. The van der Waals surface area contributed by atoms with Gasteiger partial charge in [-0.2, -0.15) is 0 Å². The lowest BCUT2D eigenvalue weighted by molar-refractivity contribution is -0.134. The number of nitrogens with one attached hydrogen (secondary N) is 2. The van der Waals surface area contributed by atoms with Crippen molar-refractivity contribution in [3.63, 3.8) is 0 Å². The van der Waals surface area contributed by atoms with Crippen molar-refractivity contribution < 1.29 is 4.79 Å². The first-order valence-electron chi connectivity index (χ1n) is 9.83. The van der Waals surface area contributed by atoms with Gasteiger partial charge in [0.15, 0.2) is 5.96 Å². The molecule has 1 unspecified atom stereocenters. The summed E-state index contributed by atoms with van der Waals surface area (Å²) >= 11 is 1.71. The Morgan fingerprint density at radius 2 is 2.08 bits per heavy atom. The topological polar surface area (TPSA) is 69.6 Å². The zero-order valence-corrected chi connectivity index (χ0v) is 17.0. The molecule has 1 amide bonds. The maximum atomic E-state index is 12.6. The van der Waals surface area contributed by atoms with E-state index in [1.165, 1.54) is 17.7 Å². The minimum atomic E-state index is 0.270. The van der Waals surface area contributed by atoms with Crippen LogP contribution in [0.25, 0.3) is 0 Å². The molecule has 1 aromatic heterocycles. The van der Waals surface area contributed by atoms with Crippen LogP contribution in [0.15, 0.2) is 4.99 Å². The maximum Gasteiger partial charge on any atom is 0.225 e. The molecule has 1 aliphatic carbocycles. The van der Waals surface area contributed by atoms with E-state index in [1.807, 2.05) is 11.8 Å². The van der Waals surface area contributed by atoms with Gasteiger partial charge in [0.1, 0.15) is 5.01 Å². The minimum Gasteiger partial charge on any atom is -0.357 e. The summed E-state index contributed by atoms with van der Waals surface area (Å²) in [5.74, 6) is 1.45. The zero-order chi connectivity index (χ0) is 18.5. The third-order valence-electron chi connectivity index (χ3n) is 5.33.